The van der Waals surface area contributed by atoms with Gasteiger partial charge in [0.05, 0.1) is 13.2 Å². The molecular formula is C20H24N2O3. The van der Waals surface area contributed by atoms with E-state index in [0.29, 0.717) is 0 Å². The molecular weight excluding hydrogens is 316 g/mol. The maximum atomic E-state index is 12.7. The summed E-state index contributed by atoms with van der Waals surface area (Å²) in [7, 11) is 1.55. The first-order chi connectivity index (χ1) is 12.3. The molecule has 1 atom stereocenters. The van der Waals surface area contributed by atoms with Crippen molar-refractivity contribution in [3.8, 4) is 0 Å². The number of nitrogens with zero attached hydrogens (tertiary/aromatic N) is 1. The molecule has 1 aliphatic rings. The molecule has 25 heavy (non-hydrogen) atoms. The number of hydrogen-bond donors (Lipinski definition) is 1. The average molecular weight is 340 g/mol. The lowest BCUT2D eigenvalue weighted by molar-refractivity contribution is -0.126. The molecule has 1 saturated heterocycles. The third-order valence-electron chi connectivity index (χ3n) is 4.35. The number of para-hydroxylation sites is 1. The molecule has 0 saturated carbocycles. The van der Waals surface area contributed by atoms with Gasteiger partial charge in [0.2, 0.25) is 0 Å². The molecule has 1 aliphatic heterocycles. The van der Waals surface area contributed by atoms with Gasteiger partial charge in [-0.25, -0.2) is 0 Å². The highest BCUT2D eigenvalue weighted by molar-refractivity contribution is 5.95. The zero-order valence-electron chi connectivity index (χ0n) is 14.5. The molecule has 0 aromatic heterocycles. The fraction of sp³-hybridized carbons (Fsp3) is 0.350. The van der Waals surface area contributed by atoms with Crippen molar-refractivity contribution in [2.24, 2.45) is 0 Å². The minimum Gasteiger partial charge on any atom is -0.379 e. The van der Waals surface area contributed by atoms with Crippen LogP contribution in [0.1, 0.15) is 17.2 Å². The third-order valence-corrected chi connectivity index (χ3v) is 4.35. The first-order valence-electron chi connectivity index (χ1n) is 8.54. The van der Waals surface area contributed by atoms with Crippen molar-refractivity contribution in [1.29, 1.82) is 0 Å². The Morgan fingerprint density at radius 3 is 2.52 bits per heavy atom. The number of anilines is 1. The van der Waals surface area contributed by atoms with Crippen LogP contribution in [0.25, 0.3) is 0 Å². The van der Waals surface area contributed by atoms with Crippen molar-refractivity contribution < 1.29 is 14.3 Å². The van der Waals surface area contributed by atoms with Crippen LogP contribution in [0.3, 0.4) is 0 Å². The van der Waals surface area contributed by atoms with Crippen LogP contribution in [0.15, 0.2) is 54.6 Å². The molecule has 0 unspecified atom stereocenters. The molecule has 1 fully saturated rings. The van der Waals surface area contributed by atoms with Gasteiger partial charge in [-0.15, -0.1) is 0 Å². The number of methoxy groups -OCH3 is 1. The van der Waals surface area contributed by atoms with Gasteiger partial charge in [-0.3, -0.25) is 9.69 Å². The highest BCUT2D eigenvalue weighted by atomic mass is 16.5. The van der Waals surface area contributed by atoms with E-state index in [0.717, 1.165) is 49.7 Å². The van der Waals surface area contributed by atoms with Crippen molar-refractivity contribution in [3.63, 3.8) is 0 Å². The summed E-state index contributed by atoms with van der Waals surface area (Å²) in [5.74, 6) is -0.164. The van der Waals surface area contributed by atoms with E-state index in [1.54, 1.807) is 7.11 Å². The Kier molecular flexibility index (Phi) is 6.17. The number of nitrogens with one attached hydrogen (secondary N) is 1. The second-order valence-electron chi connectivity index (χ2n) is 6.06. The molecule has 5 heteroatoms. The average Bonchev–Trinajstić information content (AvgIpc) is 2.66. The van der Waals surface area contributed by atoms with E-state index in [9.17, 15) is 4.79 Å². The van der Waals surface area contributed by atoms with Crippen LogP contribution in [-0.4, -0.2) is 44.2 Å². The smallest absolute Gasteiger partial charge is 0.258 e. The Bertz CT molecular complexity index is 684. The molecule has 2 aromatic carbocycles. The lowest BCUT2D eigenvalue weighted by Crippen LogP contribution is -2.36. The van der Waals surface area contributed by atoms with Crippen LogP contribution in [0, 0.1) is 0 Å². The van der Waals surface area contributed by atoms with E-state index in [2.05, 4.69) is 16.3 Å². The van der Waals surface area contributed by atoms with Crippen LogP contribution in [0.4, 0.5) is 5.69 Å². The van der Waals surface area contributed by atoms with Gasteiger partial charge < -0.3 is 14.8 Å². The minimum atomic E-state index is -0.627. The highest BCUT2D eigenvalue weighted by Gasteiger charge is 2.21. The Morgan fingerprint density at radius 1 is 1.12 bits per heavy atom. The lowest BCUT2D eigenvalue weighted by atomic mass is 10.1. The Morgan fingerprint density at radius 2 is 1.80 bits per heavy atom. The molecule has 132 valence electrons. The van der Waals surface area contributed by atoms with Crippen molar-refractivity contribution in [3.05, 3.63) is 65.7 Å². The third kappa shape index (κ3) is 4.66. The van der Waals surface area contributed by atoms with Gasteiger partial charge in [0, 0.05) is 32.4 Å². The Labute approximate surface area is 148 Å². The van der Waals surface area contributed by atoms with Crippen molar-refractivity contribution >= 4 is 11.6 Å². The number of amides is 1. The number of morpholine rings is 1. The predicted octanol–water partition coefficient (Wildman–Crippen LogP) is 2.85. The standard InChI is InChI=1S/C20H24N2O3/c1-24-19(16-7-3-2-4-8-16)20(23)21-18-10-6-5-9-17(18)15-22-11-13-25-14-12-22/h2-10,19H,11-15H2,1H3,(H,21,23)/t19-/m0/s1. The Balaban J connectivity index is 1.72. The van der Waals surface area contributed by atoms with Crippen molar-refractivity contribution in [1.82, 2.24) is 4.90 Å². The number of ether oxygens (including phenoxy) is 2. The summed E-state index contributed by atoms with van der Waals surface area (Å²) in [4.78, 5) is 15.1. The molecule has 0 spiro atoms. The second-order valence-corrected chi connectivity index (χ2v) is 6.06. The highest BCUT2D eigenvalue weighted by Crippen LogP contribution is 2.22. The molecule has 0 radical (unpaired) electrons. The maximum Gasteiger partial charge on any atom is 0.258 e. The van der Waals surface area contributed by atoms with Gasteiger partial charge in [-0.2, -0.15) is 0 Å². The summed E-state index contributed by atoms with van der Waals surface area (Å²) < 4.78 is 10.8. The molecule has 1 heterocycles. The summed E-state index contributed by atoms with van der Waals surface area (Å²) in [5, 5.41) is 3.03. The van der Waals surface area contributed by atoms with E-state index in [-0.39, 0.29) is 5.91 Å². The van der Waals surface area contributed by atoms with Crippen LogP contribution in [0.5, 0.6) is 0 Å². The molecule has 2 aromatic rings. The van der Waals surface area contributed by atoms with Gasteiger partial charge in [0.15, 0.2) is 6.10 Å². The topological polar surface area (TPSA) is 50.8 Å². The molecule has 3 rings (SSSR count). The summed E-state index contributed by atoms with van der Waals surface area (Å²) >= 11 is 0. The summed E-state index contributed by atoms with van der Waals surface area (Å²) in [6, 6.07) is 17.4. The number of hydrogen-bond acceptors (Lipinski definition) is 4. The summed E-state index contributed by atoms with van der Waals surface area (Å²) in [6.07, 6.45) is -0.627. The summed E-state index contributed by atoms with van der Waals surface area (Å²) in [6.45, 7) is 4.13. The van der Waals surface area contributed by atoms with Crippen LogP contribution in [0.2, 0.25) is 0 Å². The molecule has 1 amide bonds. The predicted molar refractivity (Wildman–Crippen MR) is 97.4 cm³/mol. The normalized spacial score (nSPS) is 16.4. The fourth-order valence-electron chi connectivity index (χ4n) is 3.00. The number of carbonyl (C=O) groups is 1. The molecule has 0 bridgehead atoms. The summed E-state index contributed by atoms with van der Waals surface area (Å²) in [5.41, 5.74) is 2.77. The van der Waals surface area contributed by atoms with Crippen molar-refractivity contribution in [2.75, 3.05) is 38.7 Å². The zero-order chi connectivity index (χ0) is 17.5. The minimum absolute atomic E-state index is 0.164. The van der Waals surface area contributed by atoms with Crippen LogP contribution < -0.4 is 5.32 Å². The van der Waals surface area contributed by atoms with Gasteiger partial charge in [0.1, 0.15) is 0 Å². The quantitative estimate of drug-likeness (QED) is 0.878. The SMILES string of the molecule is CO[C@H](C(=O)Nc1ccccc1CN1CCOCC1)c1ccccc1. The van der Waals surface area contributed by atoms with Crippen LogP contribution >= 0.6 is 0 Å². The number of rotatable bonds is 6. The van der Waals surface area contributed by atoms with E-state index in [4.69, 9.17) is 9.47 Å². The second kappa shape index (κ2) is 8.76. The van der Waals surface area contributed by atoms with E-state index < -0.39 is 6.10 Å². The first-order valence-corrected chi connectivity index (χ1v) is 8.54. The number of benzene rings is 2. The monoisotopic (exact) mass is 340 g/mol. The lowest BCUT2D eigenvalue weighted by Gasteiger charge is -2.27. The number of carbonyl (C=O) groups excluding carboxylic acids is 1. The fourth-order valence-corrected chi connectivity index (χ4v) is 3.00. The molecule has 1 N–H and O–H groups in total. The van der Waals surface area contributed by atoms with Gasteiger partial charge >= 0.3 is 0 Å². The molecule has 5 nitrogen and oxygen atoms in total. The van der Waals surface area contributed by atoms with Gasteiger partial charge in [-0.05, 0) is 17.2 Å². The Hall–Kier alpha value is -2.21. The van der Waals surface area contributed by atoms with Gasteiger partial charge in [0.25, 0.3) is 5.91 Å². The van der Waals surface area contributed by atoms with E-state index in [1.165, 1.54) is 0 Å². The van der Waals surface area contributed by atoms with Crippen molar-refractivity contribution in [2.45, 2.75) is 12.6 Å². The molecule has 0 aliphatic carbocycles. The van der Waals surface area contributed by atoms with E-state index >= 15 is 0 Å². The largest absolute Gasteiger partial charge is 0.379 e. The van der Waals surface area contributed by atoms with Crippen LogP contribution in [-0.2, 0) is 20.8 Å². The first kappa shape index (κ1) is 17.6. The van der Waals surface area contributed by atoms with Gasteiger partial charge in [-0.1, -0.05) is 48.5 Å². The maximum absolute atomic E-state index is 12.7. The zero-order valence-corrected chi connectivity index (χ0v) is 14.5. The van der Waals surface area contributed by atoms with E-state index in [1.807, 2.05) is 48.5 Å².